The van der Waals surface area contributed by atoms with Crippen LogP contribution in [0.3, 0.4) is 0 Å². The first kappa shape index (κ1) is 10.5. The Bertz CT molecular complexity index is 374. The van der Waals surface area contributed by atoms with Crippen LogP contribution in [0.15, 0.2) is 23.3 Å². The second-order valence-electron chi connectivity index (χ2n) is 2.91. The molecule has 0 radical (unpaired) electrons. The van der Waals surface area contributed by atoms with Crippen LogP contribution >= 0.6 is 0 Å². The highest BCUT2D eigenvalue weighted by atomic mass is 19.1. The average Bonchev–Trinajstić information content (AvgIpc) is 2.19. The first-order chi connectivity index (χ1) is 6.69. The summed E-state index contributed by atoms with van der Waals surface area (Å²) in [5, 5.41) is 12.2. The Kier molecular flexibility index (Phi) is 3.45. The zero-order chi connectivity index (χ0) is 10.6. The number of rotatable bonds is 3. The van der Waals surface area contributed by atoms with Crippen LogP contribution in [0.5, 0.6) is 0 Å². The van der Waals surface area contributed by atoms with Crippen molar-refractivity contribution in [3.63, 3.8) is 0 Å². The highest BCUT2D eigenvalue weighted by molar-refractivity contribution is 5.25. The number of aryl methyl sites for hydroxylation is 1. The van der Waals surface area contributed by atoms with Gasteiger partial charge in [-0.1, -0.05) is 17.2 Å². The summed E-state index contributed by atoms with van der Waals surface area (Å²) in [6, 6.07) is 3.77. The van der Waals surface area contributed by atoms with Gasteiger partial charge >= 0.3 is 0 Å². The van der Waals surface area contributed by atoms with Gasteiger partial charge in [-0.2, -0.15) is 0 Å². The highest BCUT2D eigenvalue weighted by Gasteiger charge is 2.09. The maximum absolute atomic E-state index is 13.1. The van der Waals surface area contributed by atoms with Crippen molar-refractivity contribution in [2.24, 2.45) is 5.11 Å². The summed E-state index contributed by atoms with van der Waals surface area (Å²) >= 11 is 0. The second kappa shape index (κ2) is 4.60. The topological polar surface area (TPSA) is 69.0 Å². The molecule has 0 saturated carbocycles. The first-order valence-electron chi connectivity index (χ1n) is 4.10. The van der Waals surface area contributed by atoms with Crippen LogP contribution in [-0.4, -0.2) is 11.7 Å². The normalized spacial score (nSPS) is 11.9. The van der Waals surface area contributed by atoms with E-state index in [2.05, 4.69) is 10.0 Å². The number of benzene rings is 1. The molecule has 0 aliphatic rings. The maximum Gasteiger partial charge on any atom is 0.126 e. The van der Waals surface area contributed by atoms with Gasteiger partial charge in [0, 0.05) is 4.91 Å². The van der Waals surface area contributed by atoms with E-state index in [1.807, 2.05) is 0 Å². The summed E-state index contributed by atoms with van der Waals surface area (Å²) < 4.78 is 13.1. The molecule has 0 spiro atoms. The van der Waals surface area contributed by atoms with Crippen molar-refractivity contribution in [3.8, 4) is 0 Å². The Labute approximate surface area is 80.6 Å². The lowest BCUT2D eigenvalue weighted by atomic mass is 10.1. The summed E-state index contributed by atoms with van der Waals surface area (Å²) in [6.45, 7) is 1.31. The molecule has 14 heavy (non-hydrogen) atoms. The number of aliphatic hydroxyl groups excluding tert-OH is 1. The summed E-state index contributed by atoms with van der Waals surface area (Å²) in [4.78, 5) is 2.58. The molecule has 5 heteroatoms. The summed E-state index contributed by atoms with van der Waals surface area (Å²) in [5.41, 5.74) is 9.21. The molecule has 1 atom stereocenters. The molecule has 1 N–H and O–H groups in total. The SMILES string of the molecule is Cc1ccc(C(CO)N=[N+]=[N-])cc1F. The minimum atomic E-state index is -0.713. The van der Waals surface area contributed by atoms with E-state index >= 15 is 0 Å². The lowest BCUT2D eigenvalue weighted by Gasteiger charge is -2.08. The molecule has 1 unspecified atom stereocenters. The van der Waals surface area contributed by atoms with E-state index in [-0.39, 0.29) is 12.4 Å². The zero-order valence-electron chi connectivity index (χ0n) is 7.68. The Morgan fingerprint density at radius 2 is 2.36 bits per heavy atom. The number of hydrogen-bond acceptors (Lipinski definition) is 2. The molecule has 0 aromatic heterocycles. The number of azide groups is 1. The smallest absolute Gasteiger partial charge is 0.126 e. The van der Waals surface area contributed by atoms with Gasteiger partial charge in [-0.3, -0.25) is 0 Å². The van der Waals surface area contributed by atoms with Crippen LogP contribution in [0.4, 0.5) is 4.39 Å². The number of halogens is 1. The van der Waals surface area contributed by atoms with E-state index in [0.29, 0.717) is 11.1 Å². The monoisotopic (exact) mass is 195 g/mol. The summed E-state index contributed by atoms with van der Waals surface area (Å²) in [6.07, 6.45) is 0. The van der Waals surface area contributed by atoms with Gasteiger partial charge in [-0.05, 0) is 29.6 Å². The molecular formula is C9H10FN3O. The maximum atomic E-state index is 13.1. The van der Waals surface area contributed by atoms with Crippen LogP contribution < -0.4 is 0 Å². The first-order valence-corrected chi connectivity index (χ1v) is 4.10. The second-order valence-corrected chi connectivity index (χ2v) is 2.91. The molecule has 4 nitrogen and oxygen atoms in total. The quantitative estimate of drug-likeness (QED) is 0.449. The molecule has 0 amide bonds. The molecule has 1 rings (SSSR count). The van der Waals surface area contributed by atoms with Crippen LogP contribution in [0.25, 0.3) is 10.4 Å². The minimum absolute atomic E-state index is 0.327. The average molecular weight is 195 g/mol. The van der Waals surface area contributed by atoms with Crippen LogP contribution in [0.2, 0.25) is 0 Å². The lowest BCUT2D eigenvalue weighted by Crippen LogP contribution is -2.00. The molecule has 1 aromatic carbocycles. The third-order valence-corrected chi connectivity index (χ3v) is 1.94. The molecule has 0 aliphatic heterocycles. The molecule has 0 bridgehead atoms. The van der Waals surface area contributed by atoms with Gasteiger partial charge in [-0.25, -0.2) is 4.39 Å². The van der Waals surface area contributed by atoms with Gasteiger partial charge in [0.1, 0.15) is 5.82 Å². The molecule has 0 aliphatic carbocycles. The fourth-order valence-corrected chi connectivity index (χ4v) is 1.09. The Balaban J connectivity index is 3.05. The predicted octanol–water partition coefficient (Wildman–Crippen LogP) is 2.48. The fraction of sp³-hybridized carbons (Fsp3) is 0.333. The molecule has 0 fully saturated rings. The van der Waals surface area contributed by atoms with E-state index in [1.54, 1.807) is 19.1 Å². The van der Waals surface area contributed by atoms with Crippen molar-refractivity contribution in [2.45, 2.75) is 13.0 Å². The van der Waals surface area contributed by atoms with Crippen molar-refractivity contribution in [1.82, 2.24) is 0 Å². The Hall–Kier alpha value is -1.58. The number of aliphatic hydroxyl groups is 1. The van der Waals surface area contributed by atoms with Gasteiger partial charge in [0.15, 0.2) is 0 Å². The van der Waals surface area contributed by atoms with Crippen molar-refractivity contribution in [3.05, 3.63) is 45.6 Å². The minimum Gasteiger partial charge on any atom is -0.396 e. The van der Waals surface area contributed by atoms with E-state index in [1.165, 1.54) is 6.07 Å². The van der Waals surface area contributed by atoms with Crippen molar-refractivity contribution < 1.29 is 9.50 Å². The lowest BCUT2D eigenvalue weighted by molar-refractivity contribution is 0.267. The van der Waals surface area contributed by atoms with Crippen LogP contribution in [-0.2, 0) is 0 Å². The Morgan fingerprint density at radius 3 is 2.86 bits per heavy atom. The third-order valence-electron chi connectivity index (χ3n) is 1.94. The van der Waals surface area contributed by atoms with E-state index in [4.69, 9.17) is 10.6 Å². The number of nitrogens with zero attached hydrogens (tertiary/aromatic N) is 3. The summed E-state index contributed by atoms with van der Waals surface area (Å²) in [7, 11) is 0. The van der Waals surface area contributed by atoms with Crippen LogP contribution in [0.1, 0.15) is 17.2 Å². The zero-order valence-corrected chi connectivity index (χ0v) is 7.68. The molecular weight excluding hydrogens is 185 g/mol. The van der Waals surface area contributed by atoms with Gasteiger partial charge in [-0.15, -0.1) is 0 Å². The van der Waals surface area contributed by atoms with E-state index in [9.17, 15) is 4.39 Å². The molecule has 0 heterocycles. The van der Waals surface area contributed by atoms with E-state index < -0.39 is 6.04 Å². The van der Waals surface area contributed by atoms with Crippen molar-refractivity contribution in [2.75, 3.05) is 6.61 Å². The highest BCUT2D eigenvalue weighted by Crippen LogP contribution is 2.19. The van der Waals surface area contributed by atoms with Crippen molar-refractivity contribution >= 4 is 0 Å². The van der Waals surface area contributed by atoms with Crippen molar-refractivity contribution in [1.29, 1.82) is 0 Å². The van der Waals surface area contributed by atoms with Gasteiger partial charge in [0.2, 0.25) is 0 Å². The van der Waals surface area contributed by atoms with E-state index in [0.717, 1.165) is 0 Å². The fourth-order valence-electron chi connectivity index (χ4n) is 1.09. The van der Waals surface area contributed by atoms with Gasteiger partial charge < -0.3 is 5.11 Å². The van der Waals surface area contributed by atoms with Gasteiger partial charge in [0.25, 0.3) is 0 Å². The predicted molar refractivity (Wildman–Crippen MR) is 50.1 cm³/mol. The third kappa shape index (κ3) is 2.22. The van der Waals surface area contributed by atoms with Crippen LogP contribution in [0, 0.1) is 12.7 Å². The molecule has 0 saturated heterocycles. The standard InChI is InChI=1S/C9H10FN3O/c1-6-2-3-7(4-8(6)10)9(5-14)12-13-11/h2-4,9,14H,5H2,1H3. The molecule has 1 aromatic rings. The van der Waals surface area contributed by atoms with Gasteiger partial charge in [0.05, 0.1) is 12.6 Å². The Morgan fingerprint density at radius 1 is 1.64 bits per heavy atom. The molecule has 74 valence electrons. The largest absolute Gasteiger partial charge is 0.396 e. The summed E-state index contributed by atoms with van der Waals surface area (Å²) in [5.74, 6) is -0.367. The number of hydrogen-bond donors (Lipinski definition) is 1.